The maximum Gasteiger partial charge on any atom is 0.275 e. The molecule has 2 aromatic carbocycles. The van der Waals surface area contributed by atoms with Crippen LogP contribution in [0.1, 0.15) is 16.8 Å². The first kappa shape index (κ1) is 18.6. The van der Waals surface area contributed by atoms with E-state index in [1.54, 1.807) is 12.1 Å². The van der Waals surface area contributed by atoms with Crippen LogP contribution in [0, 0.1) is 20.8 Å². The molecule has 0 spiro atoms. The van der Waals surface area contributed by atoms with Crippen LogP contribution in [-0.4, -0.2) is 28.8 Å². The van der Waals surface area contributed by atoms with Crippen LogP contribution in [0.5, 0.6) is 5.75 Å². The van der Waals surface area contributed by atoms with Crippen molar-refractivity contribution in [1.82, 2.24) is 15.1 Å². The Morgan fingerprint density at radius 3 is 2.41 bits per heavy atom. The number of rotatable bonds is 6. The van der Waals surface area contributed by atoms with E-state index in [-0.39, 0.29) is 18.0 Å². The molecule has 0 fully saturated rings. The summed E-state index contributed by atoms with van der Waals surface area (Å²) in [6.45, 7) is 6.40. The highest BCUT2D eigenvalue weighted by Gasteiger charge is 2.10. The first-order valence-electron chi connectivity index (χ1n) is 8.89. The second kappa shape index (κ2) is 8.03. The minimum Gasteiger partial charge on any atom is -0.491 e. The second-order valence-electron chi connectivity index (χ2n) is 6.51. The molecule has 140 valence electrons. The number of amides is 1. The highest BCUT2D eigenvalue weighted by atomic mass is 16.5. The molecule has 0 saturated heterocycles. The molecule has 1 N–H and O–H groups in total. The van der Waals surface area contributed by atoms with Crippen molar-refractivity contribution < 1.29 is 9.53 Å². The van der Waals surface area contributed by atoms with Gasteiger partial charge in [0.2, 0.25) is 5.91 Å². The SMILES string of the molecule is Cc1cccc(C)c1OCCNC(=O)Cn1nc(C)c2ccccc2c1=O. The van der Waals surface area contributed by atoms with Gasteiger partial charge in [-0.25, -0.2) is 4.68 Å². The molecular weight excluding hydrogens is 342 g/mol. The molecule has 0 aliphatic rings. The van der Waals surface area contributed by atoms with Gasteiger partial charge in [0.05, 0.1) is 17.6 Å². The maximum absolute atomic E-state index is 12.5. The number of para-hydroxylation sites is 1. The number of hydrogen-bond acceptors (Lipinski definition) is 4. The van der Waals surface area contributed by atoms with Gasteiger partial charge in [-0.05, 0) is 38.0 Å². The van der Waals surface area contributed by atoms with Crippen molar-refractivity contribution >= 4 is 16.7 Å². The first-order chi connectivity index (χ1) is 13.0. The van der Waals surface area contributed by atoms with Crippen molar-refractivity contribution in [3.8, 4) is 5.75 Å². The summed E-state index contributed by atoms with van der Waals surface area (Å²) in [5, 5.41) is 8.40. The van der Waals surface area contributed by atoms with Gasteiger partial charge in [-0.1, -0.05) is 36.4 Å². The standard InChI is InChI=1S/C21H23N3O3/c1-14-7-6-8-15(2)20(14)27-12-11-22-19(25)13-24-21(26)18-10-5-4-9-17(18)16(3)23-24/h4-10H,11-13H2,1-3H3,(H,22,25). The van der Waals surface area contributed by atoms with Crippen LogP contribution < -0.4 is 15.6 Å². The topological polar surface area (TPSA) is 73.2 Å². The normalized spacial score (nSPS) is 10.8. The molecule has 0 aliphatic carbocycles. The Hall–Kier alpha value is -3.15. The fourth-order valence-electron chi connectivity index (χ4n) is 3.07. The molecule has 27 heavy (non-hydrogen) atoms. The third-order valence-corrected chi connectivity index (χ3v) is 4.43. The second-order valence-corrected chi connectivity index (χ2v) is 6.51. The maximum atomic E-state index is 12.5. The summed E-state index contributed by atoms with van der Waals surface area (Å²) in [6, 6.07) is 13.2. The summed E-state index contributed by atoms with van der Waals surface area (Å²) in [5.74, 6) is 0.569. The van der Waals surface area contributed by atoms with E-state index < -0.39 is 0 Å². The number of nitrogens with one attached hydrogen (secondary N) is 1. The number of carbonyl (C=O) groups is 1. The fraction of sp³-hybridized carbons (Fsp3) is 0.286. The number of fused-ring (bicyclic) bond motifs is 1. The average molecular weight is 365 g/mol. The molecule has 0 bridgehead atoms. The van der Waals surface area contributed by atoms with Gasteiger partial charge in [0.15, 0.2) is 0 Å². The molecule has 0 unspecified atom stereocenters. The van der Waals surface area contributed by atoms with Gasteiger partial charge in [0, 0.05) is 5.39 Å². The van der Waals surface area contributed by atoms with Crippen LogP contribution in [0.2, 0.25) is 0 Å². The highest BCUT2D eigenvalue weighted by Crippen LogP contribution is 2.21. The number of benzene rings is 2. The first-order valence-corrected chi connectivity index (χ1v) is 8.89. The van der Waals surface area contributed by atoms with E-state index in [2.05, 4.69) is 10.4 Å². The quantitative estimate of drug-likeness (QED) is 0.681. The Bertz CT molecular complexity index is 1020. The number of aryl methyl sites for hydroxylation is 3. The minimum absolute atomic E-state index is 0.117. The molecule has 0 saturated carbocycles. The summed E-state index contributed by atoms with van der Waals surface area (Å²) >= 11 is 0. The van der Waals surface area contributed by atoms with Gasteiger partial charge in [0.1, 0.15) is 18.9 Å². The summed E-state index contributed by atoms with van der Waals surface area (Å²) in [4.78, 5) is 24.7. The summed E-state index contributed by atoms with van der Waals surface area (Å²) in [6.07, 6.45) is 0. The van der Waals surface area contributed by atoms with E-state index >= 15 is 0 Å². The molecule has 3 rings (SSSR count). The number of hydrogen-bond donors (Lipinski definition) is 1. The van der Waals surface area contributed by atoms with Crippen molar-refractivity contribution in [2.75, 3.05) is 13.2 Å². The predicted molar refractivity (Wildman–Crippen MR) is 105 cm³/mol. The fourth-order valence-corrected chi connectivity index (χ4v) is 3.07. The van der Waals surface area contributed by atoms with Crippen LogP contribution in [-0.2, 0) is 11.3 Å². The molecule has 3 aromatic rings. The van der Waals surface area contributed by atoms with Gasteiger partial charge in [-0.15, -0.1) is 0 Å². The Morgan fingerprint density at radius 2 is 1.70 bits per heavy atom. The van der Waals surface area contributed by atoms with Crippen LogP contribution >= 0.6 is 0 Å². The molecule has 1 amide bonds. The third-order valence-electron chi connectivity index (χ3n) is 4.43. The summed E-state index contributed by atoms with van der Waals surface area (Å²) < 4.78 is 6.98. The molecule has 0 radical (unpaired) electrons. The van der Waals surface area contributed by atoms with E-state index in [1.807, 2.05) is 51.1 Å². The summed E-state index contributed by atoms with van der Waals surface area (Å²) in [5.41, 5.74) is 2.57. The smallest absolute Gasteiger partial charge is 0.275 e. The number of carbonyl (C=O) groups excluding carboxylic acids is 1. The highest BCUT2D eigenvalue weighted by molar-refractivity contribution is 5.83. The number of aromatic nitrogens is 2. The van der Waals surface area contributed by atoms with Crippen molar-refractivity contribution in [2.45, 2.75) is 27.3 Å². The zero-order valence-electron chi connectivity index (χ0n) is 15.8. The Morgan fingerprint density at radius 1 is 1.04 bits per heavy atom. The predicted octanol–water partition coefficient (Wildman–Crippen LogP) is 2.52. The average Bonchev–Trinajstić information content (AvgIpc) is 2.65. The van der Waals surface area contributed by atoms with Crippen molar-refractivity contribution in [3.63, 3.8) is 0 Å². The number of ether oxygens (including phenoxy) is 1. The zero-order chi connectivity index (χ0) is 19.4. The molecule has 6 heteroatoms. The van der Waals surface area contributed by atoms with Gasteiger partial charge >= 0.3 is 0 Å². The van der Waals surface area contributed by atoms with E-state index in [1.165, 1.54) is 4.68 Å². The van der Waals surface area contributed by atoms with Crippen LogP contribution in [0.15, 0.2) is 47.3 Å². The molecular formula is C21H23N3O3. The van der Waals surface area contributed by atoms with E-state index in [0.717, 1.165) is 28.0 Å². The lowest BCUT2D eigenvalue weighted by atomic mass is 10.1. The Labute approximate surface area is 157 Å². The van der Waals surface area contributed by atoms with E-state index in [9.17, 15) is 9.59 Å². The number of nitrogens with zero attached hydrogens (tertiary/aromatic N) is 2. The van der Waals surface area contributed by atoms with E-state index in [4.69, 9.17) is 4.74 Å². The third kappa shape index (κ3) is 4.16. The molecule has 1 aromatic heterocycles. The summed E-state index contributed by atoms with van der Waals surface area (Å²) in [7, 11) is 0. The van der Waals surface area contributed by atoms with Crippen molar-refractivity contribution in [1.29, 1.82) is 0 Å². The van der Waals surface area contributed by atoms with E-state index in [0.29, 0.717) is 18.5 Å². The monoisotopic (exact) mass is 365 g/mol. The molecule has 1 heterocycles. The van der Waals surface area contributed by atoms with Crippen LogP contribution in [0.3, 0.4) is 0 Å². The van der Waals surface area contributed by atoms with Crippen LogP contribution in [0.4, 0.5) is 0 Å². The Balaban J connectivity index is 1.59. The minimum atomic E-state index is -0.274. The molecule has 6 nitrogen and oxygen atoms in total. The largest absolute Gasteiger partial charge is 0.491 e. The van der Waals surface area contributed by atoms with Crippen molar-refractivity contribution in [3.05, 3.63) is 69.6 Å². The lowest BCUT2D eigenvalue weighted by Crippen LogP contribution is -2.36. The molecule has 0 atom stereocenters. The van der Waals surface area contributed by atoms with Gasteiger partial charge in [-0.2, -0.15) is 5.10 Å². The lowest BCUT2D eigenvalue weighted by Gasteiger charge is -2.13. The zero-order valence-corrected chi connectivity index (χ0v) is 15.8. The van der Waals surface area contributed by atoms with Gasteiger partial charge in [0.25, 0.3) is 5.56 Å². The van der Waals surface area contributed by atoms with Gasteiger partial charge in [-0.3, -0.25) is 9.59 Å². The van der Waals surface area contributed by atoms with Crippen molar-refractivity contribution in [2.24, 2.45) is 0 Å². The van der Waals surface area contributed by atoms with Gasteiger partial charge < -0.3 is 10.1 Å². The molecule has 0 aliphatic heterocycles. The van der Waals surface area contributed by atoms with Crippen LogP contribution in [0.25, 0.3) is 10.8 Å². The lowest BCUT2D eigenvalue weighted by molar-refractivity contribution is -0.122. The Kier molecular flexibility index (Phi) is 5.54.